The van der Waals surface area contributed by atoms with Gasteiger partial charge in [0.15, 0.2) is 5.96 Å². The highest BCUT2D eigenvalue weighted by molar-refractivity contribution is 7.89. The first-order valence-corrected chi connectivity index (χ1v) is 11.2. The molecule has 1 N–H and O–H groups in total. The van der Waals surface area contributed by atoms with Crippen LogP contribution in [0.4, 0.5) is 0 Å². The van der Waals surface area contributed by atoms with Crippen molar-refractivity contribution in [1.29, 1.82) is 0 Å². The predicted octanol–water partition coefficient (Wildman–Crippen LogP) is 2.77. The van der Waals surface area contributed by atoms with Crippen molar-refractivity contribution in [2.24, 2.45) is 16.8 Å². The Balaban J connectivity index is 1.95. The molecule has 1 fully saturated rings. The van der Waals surface area contributed by atoms with Gasteiger partial charge in [0.05, 0.1) is 4.90 Å². The van der Waals surface area contributed by atoms with Gasteiger partial charge in [0.25, 0.3) is 0 Å². The number of aliphatic imine (C=N–C) groups is 1. The Labute approximate surface area is 164 Å². The molecule has 0 aromatic heterocycles. The van der Waals surface area contributed by atoms with E-state index in [1.54, 1.807) is 26.2 Å². The Kier molecular flexibility index (Phi) is 7.68. The lowest BCUT2D eigenvalue weighted by Crippen LogP contribution is -2.40. The number of benzene rings is 1. The van der Waals surface area contributed by atoms with E-state index in [1.807, 2.05) is 19.2 Å². The van der Waals surface area contributed by atoms with Gasteiger partial charge in [0.1, 0.15) is 0 Å². The molecule has 7 heteroatoms. The second-order valence-corrected chi connectivity index (χ2v) is 9.56. The average molecular weight is 395 g/mol. The van der Waals surface area contributed by atoms with Crippen LogP contribution in [0.15, 0.2) is 34.2 Å². The Morgan fingerprint density at radius 2 is 1.89 bits per heavy atom. The molecule has 27 heavy (non-hydrogen) atoms. The van der Waals surface area contributed by atoms with Crippen molar-refractivity contribution in [3.05, 3.63) is 29.8 Å². The van der Waals surface area contributed by atoms with Crippen LogP contribution in [0.2, 0.25) is 0 Å². The van der Waals surface area contributed by atoms with Gasteiger partial charge < -0.3 is 10.2 Å². The summed E-state index contributed by atoms with van der Waals surface area (Å²) >= 11 is 0. The summed E-state index contributed by atoms with van der Waals surface area (Å²) in [5.74, 6) is 2.46. The summed E-state index contributed by atoms with van der Waals surface area (Å²) in [4.78, 5) is 7.09. The molecular weight excluding hydrogens is 360 g/mol. The molecule has 0 aliphatic carbocycles. The maximum atomic E-state index is 12.1. The molecule has 1 saturated heterocycles. The third-order valence-corrected chi connectivity index (χ3v) is 7.43. The van der Waals surface area contributed by atoms with Crippen LogP contribution in [-0.4, -0.2) is 57.8 Å². The molecule has 6 nitrogen and oxygen atoms in total. The van der Waals surface area contributed by atoms with E-state index in [9.17, 15) is 8.42 Å². The van der Waals surface area contributed by atoms with Crippen molar-refractivity contribution in [3.63, 3.8) is 0 Å². The number of guanidine groups is 1. The number of nitrogens with one attached hydrogen (secondary N) is 1. The minimum Gasteiger partial charge on any atom is -0.352 e. The molecule has 1 aliphatic rings. The van der Waals surface area contributed by atoms with E-state index in [0.29, 0.717) is 11.4 Å². The van der Waals surface area contributed by atoms with Crippen molar-refractivity contribution in [2.75, 3.05) is 34.2 Å². The summed E-state index contributed by atoms with van der Waals surface area (Å²) in [5.41, 5.74) is 1.03. The van der Waals surface area contributed by atoms with Gasteiger partial charge in [-0.25, -0.2) is 12.7 Å². The quantitative estimate of drug-likeness (QED) is 0.570. The van der Waals surface area contributed by atoms with Crippen LogP contribution in [0.25, 0.3) is 0 Å². The van der Waals surface area contributed by atoms with Crippen LogP contribution in [-0.2, 0) is 16.6 Å². The van der Waals surface area contributed by atoms with Crippen molar-refractivity contribution in [1.82, 2.24) is 14.5 Å². The van der Waals surface area contributed by atoms with Crippen molar-refractivity contribution < 1.29 is 8.42 Å². The van der Waals surface area contributed by atoms with Crippen LogP contribution < -0.4 is 5.32 Å². The fraction of sp³-hybridized carbons (Fsp3) is 0.650. The predicted molar refractivity (Wildman–Crippen MR) is 111 cm³/mol. The lowest BCUT2D eigenvalue weighted by molar-refractivity contribution is 0.319. The Hall–Kier alpha value is -1.60. The largest absolute Gasteiger partial charge is 0.352 e. The van der Waals surface area contributed by atoms with Crippen LogP contribution >= 0.6 is 0 Å². The Morgan fingerprint density at radius 3 is 2.41 bits per heavy atom. The van der Waals surface area contributed by atoms with Gasteiger partial charge in [-0.1, -0.05) is 38.8 Å². The SMILES string of the molecule is CCC(CC)C1CCN(C(=NC)NCc2ccc(S(=O)(=O)N(C)C)cc2)C1. The standard InChI is InChI=1S/C20H34N4O2S/c1-6-17(7-2)18-12-13-24(15-18)20(21-3)22-14-16-8-10-19(11-9-16)27(25,26)23(4)5/h8-11,17-18H,6-7,12-15H2,1-5H3,(H,21,22). The first-order chi connectivity index (χ1) is 12.8. The zero-order valence-electron chi connectivity index (χ0n) is 17.3. The average Bonchev–Trinajstić information content (AvgIpc) is 3.13. The lowest BCUT2D eigenvalue weighted by atomic mass is 9.87. The highest BCUT2D eigenvalue weighted by Crippen LogP contribution is 2.28. The molecule has 1 aromatic carbocycles. The lowest BCUT2D eigenvalue weighted by Gasteiger charge is -2.24. The summed E-state index contributed by atoms with van der Waals surface area (Å²) in [6.07, 6.45) is 3.70. The monoisotopic (exact) mass is 394 g/mol. The minimum atomic E-state index is -3.38. The van der Waals surface area contributed by atoms with Crippen LogP contribution in [0, 0.1) is 11.8 Å². The second-order valence-electron chi connectivity index (χ2n) is 7.40. The van der Waals surface area contributed by atoms with Gasteiger partial charge >= 0.3 is 0 Å². The summed E-state index contributed by atoms with van der Waals surface area (Å²) in [6.45, 7) is 7.29. The summed E-state index contributed by atoms with van der Waals surface area (Å²) in [5, 5.41) is 3.42. The van der Waals surface area contributed by atoms with Gasteiger partial charge in [-0.15, -0.1) is 0 Å². The number of hydrogen-bond donors (Lipinski definition) is 1. The molecule has 0 bridgehead atoms. The fourth-order valence-electron chi connectivity index (χ4n) is 3.82. The smallest absolute Gasteiger partial charge is 0.242 e. The summed E-state index contributed by atoms with van der Waals surface area (Å²) < 4.78 is 25.5. The van der Waals surface area contributed by atoms with Gasteiger partial charge in [-0.3, -0.25) is 4.99 Å². The van der Waals surface area contributed by atoms with Crippen LogP contribution in [0.1, 0.15) is 38.7 Å². The zero-order chi connectivity index (χ0) is 20.0. The zero-order valence-corrected chi connectivity index (χ0v) is 18.1. The first-order valence-electron chi connectivity index (χ1n) is 9.80. The number of nitrogens with zero attached hydrogens (tertiary/aromatic N) is 3. The van der Waals surface area contributed by atoms with E-state index in [-0.39, 0.29) is 0 Å². The molecular formula is C20H34N4O2S. The highest BCUT2D eigenvalue weighted by Gasteiger charge is 2.29. The summed E-state index contributed by atoms with van der Waals surface area (Å²) in [7, 11) is 1.52. The second kappa shape index (κ2) is 9.55. The Bertz CT molecular complexity index is 725. The van der Waals surface area contributed by atoms with Crippen LogP contribution in [0.5, 0.6) is 0 Å². The van der Waals surface area contributed by atoms with E-state index >= 15 is 0 Å². The third-order valence-electron chi connectivity index (χ3n) is 5.60. The minimum absolute atomic E-state index is 0.313. The van der Waals surface area contributed by atoms with E-state index in [1.165, 1.54) is 23.6 Å². The molecule has 1 aromatic rings. The third kappa shape index (κ3) is 5.23. The maximum Gasteiger partial charge on any atom is 0.242 e. The van der Waals surface area contributed by atoms with E-state index in [0.717, 1.165) is 36.4 Å². The van der Waals surface area contributed by atoms with Crippen molar-refractivity contribution in [3.8, 4) is 0 Å². The van der Waals surface area contributed by atoms with Crippen molar-refractivity contribution in [2.45, 2.75) is 44.6 Å². The molecule has 1 heterocycles. The van der Waals surface area contributed by atoms with Gasteiger partial charge in [-0.2, -0.15) is 0 Å². The number of rotatable bonds is 7. The topological polar surface area (TPSA) is 65.0 Å². The molecule has 0 amide bonds. The normalized spacial score (nSPS) is 18.6. The van der Waals surface area contributed by atoms with Gasteiger partial charge in [-0.05, 0) is 36.0 Å². The van der Waals surface area contributed by atoms with Crippen LogP contribution in [0.3, 0.4) is 0 Å². The molecule has 1 atom stereocenters. The molecule has 152 valence electrons. The summed E-state index contributed by atoms with van der Waals surface area (Å²) in [6, 6.07) is 7.03. The first kappa shape index (κ1) is 21.7. The number of sulfonamides is 1. The molecule has 0 saturated carbocycles. The maximum absolute atomic E-state index is 12.1. The van der Waals surface area contributed by atoms with Gasteiger partial charge in [0, 0.05) is 40.8 Å². The molecule has 2 rings (SSSR count). The van der Waals surface area contributed by atoms with E-state index in [2.05, 4.69) is 29.1 Å². The van der Waals surface area contributed by atoms with Gasteiger partial charge in [0.2, 0.25) is 10.0 Å². The Morgan fingerprint density at radius 1 is 1.26 bits per heavy atom. The molecule has 1 unspecified atom stereocenters. The molecule has 1 aliphatic heterocycles. The van der Waals surface area contributed by atoms with E-state index in [4.69, 9.17) is 0 Å². The number of likely N-dealkylation sites (tertiary alicyclic amines) is 1. The number of hydrogen-bond acceptors (Lipinski definition) is 3. The molecule has 0 spiro atoms. The van der Waals surface area contributed by atoms with Crippen molar-refractivity contribution >= 4 is 16.0 Å². The molecule has 0 radical (unpaired) electrons. The fourth-order valence-corrected chi connectivity index (χ4v) is 4.72. The van der Waals surface area contributed by atoms with E-state index < -0.39 is 10.0 Å². The highest BCUT2D eigenvalue weighted by atomic mass is 32.2.